The fourth-order valence-electron chi connectivity index (χ4n) is 4.07. The molecule has 0 saturated carbocycles. The largest absolute Gasteiger partial charge is 0.489 e. The first-order chi connectivity index (χ1) is 17.4. The summed E-state index contributed by atoms with van der Waals surface area (Å²) in [5.74, 6) is 0.550. The monoisotopic (exact) mass is 537 g/mol. The second kappa shape index (κ2) is 10.3. The molecular weight excluding hydrogens is 517 g/mol. The summed E-state index contributed by atoms with van der Waals surface area (Å²) in [5.41, 5.74) is 3.03. The highest BCUT2D eigenvalue weighted by Crippen LogP contribution is 2.38. The van der Waals surface area contributed by atoms with Gasteiger partial charge in [0, 0.05) is 16.9 Å². The number of aryl methyl sites for hydroxylation is 1. The van der Waals surface area contributed by atoms with Crippen molar-refractivity contribution in [3.05, 3.63) is 93.0 Å². The second-order valence-electron chi connectivity index (χ2n) is 8.26. The molecule has 5 aromatic rings. The van der Waals surface area contributed by atoms with E-state index in [9.17, 15) is 9.90 Å². The maximum Gasteiger partial charge on any atom is 0.345 e. The third-order valence-corrected chi connectivity index (χ3v) is 7.59. The zero-order chi connectivity index (χ0) is 25.2. The molecule has 8 heteroatoms. The number of fused-ring (bicyclic) bond motifs is 1. The van der Waals surface area contributed by atoms with Crippen molar-refractivity contribution >= 4 is 51.3 Å². The van der Waals surface area contributed by atoms with E-state index in [2.05, 4.69) is 12.1 Å². The van der Waals surface area contributed by atoms with E-state index in [1.165, 1.54) is 11.3 Å². The van der Waals surface area contributed by atoms with Crippen LogP contribution in [-0.4, -0.2) is 16.2 Å². The van der Waals surface area contributed by atoms with Crippen molar-refractivity contribution in [1.29, 1.82) is 0 Å². The van der Waals surface area contributed by atoms with Crippen molar-refractivity contribution in [3.8, 4) is 27.4 Å². The molecule has 5 rings (SSSR count). The van der Waals surface area contributed by atoms with Crippen LogP contribution in [0.25, 0.3) is 32.5 Å². The van der Waals surface area contributed by atoms with Crippen molar-refractivity contribution in [2.24, 2.45) is 0 Å². The Morgan fingerprint density at radius 2 is 1.78 bits per heavy atom. The van der Waals surface area contributed by atoms with Crippen LogP contribution >= 0.6 is 34.5 Å². The summed E-state index contributed by atoms with van der Waals surface area (Å²) >= 11 is 14.1. The number of ether oxygens (including phenoxy) is 1. The van der Waals surface area contributed by atoms with Gasteiger partial charge in [0.2, 0.25) is 0 Å². The smallest absolute Gasteiger partial charge is 0.345 e. The maximum absolute atomic E-state index is 11.2. The van der Waals surface area contributed by atoms with E-state index in [4.69, 9.17) is 32.5 Å². The molecule has 0 unspecified atom stereocenters. The minimum atomic E-state index is -0.913. The van der Waals surface area contributed by atoms with Crippen LogP contribution in [0.2, 0.25) is 10.0 Å². The summed E-state index contributed by atoms with van der Waals surface area (Å²) in [5, 5.41) is 16.5. The third kappa shape index (κ3) is 4.85. The van der Waals surface area contributed by atoms with Crippen molar-refractivity contribution in [2.45, 2.75) is 26.4 Å². The van der Waals surface area contributed by atoms with Gasteiger partial charge in [0.05, 0.1) is 15.6 Å². The molecule has 0 fully saturated rings. The van der Waals surface area contributed by atoms with E-state index in [1.54, 1.807) is 24.3 Å². The van der Waals surface area contributed by atoms with Gasteiger partial charge in [-0.15, -0.1) is 11.3 Å². The van der Waals surface area contributed by atoms with Crippen molar-refractivity contribution in [1.82, 2.24) is 5.16 Å². The van der Waals surface area contributed by atoms with Crippen LogP contribution < -0.4 is 4.74 Å². The topological polar surface area (TPSA) is 72.6 Å². The first-order valence-corrected chi connectivity index (χ1v) is 12.9. The predicted octanol–water partition coefficient (Wildman–Crippen LogP) is 8.76. The molecule has 2 heterocycles. The Morgan fingerprint density at radius 3 is 2.50 bits per heavy atom. The number of halogens is 2. The Labute approximate surface area is 221 Å². The van der Waals surface area contributed by atoms with Crippen LogP contribution in [0.3, 0.4) is 0 Å². The molecule has 0 bridgehead atoms. The number of carboxylic acids is 1. The lowest BCUT2D eigenvalue weighted by Gasteiger charge is -2.10. The van der Waals surface area contributed by atoms with Gasteiger partial charge in [-0.3, -0.25) is 0 Å². The lowest BCUT2D eigenvalue weighted by Crippen LogP contribution is -2.00. The zero-order valence-electron chi connectivity index (χ0n) is 19.3. The number of carboxylic acid groups (broad SMARTS) is 1. The lowest BCUT2D eigenvalue weighted by molar-refractivity contribution is 0.0702. The van der Waals surface area contributed by atoms with Crippen LogP contribution in [0.5, 0.6) is 5.75 Å². The number of aromatic nitrogens is 1. The van der Waals surface area contributed by atoms with Gasteiger partial charge in [-0.1, -0.05) is 59.5 Å². The molecule has 0 amide bonds. The molecule has 182 valence electrons. The Kier molecular flexibility index (Phi) is 7.01. The van der Waals surface area contributed by atoms with Crippen molar-refractivity contribution < 1.29 is 19.2 Å². The molecule has 0 atom stereocenters. The number of aromatic carboxylic acids is 1. The quantitative estimate of drug-likeness (QED) is 0.214. The van der Waals surface area contributed by atoms with Gasteiger partial charge in [-0.05, 0) is 65.2 Å². The Hall–Kier alpha value is -3.32. The summed E-state index contributed by atoms with van der Waals surface area (Å²) in [4.78, 5) is 12.4. The number of rotatable bonds is 8. The number of nitrogens with zero attached hydrogens (tertiary/aromatic N) is 1. The normalized spacial score (nSPS) is 11.2. The summed E-state index contributed by atoms with van der Waals surface area (Å²) in [6.45, 7) is 2.33. The van der Waals surface area contributed by atoms with Crippen LogP contribution in [0.4, 0.5) is 0 Å². The van der Waals surface area contributed by atoms with Gasteiger partial charge >= 0.3 is 5.97 Å². The summed E-state index contributed by atoms with van der Waals surface area (Å²) in [6.07, 6.45) is 1.62. The summed E-state index contributed by atoms with van der Waals surface area (Å²) in [7, 11) is 0. The number of thiophene rings is 1. The fourth-order valence-corrected chi connectivity index (χ4v) is 5.48. The number of hydrogen-bond donors (Lipinski definition) is 1. The fraction of sp³-hybridized carbons (Fsp3) is 0.143. The molecule has 0 spiro atoms. The molecule has 0 saturated heterocycles. The lowest BCUT2D eigenvalue weighted by atomic mass is 10.0. The summed E-state index contributed by atoms with van der Waals surface area (Å²) in [6, 6.07) is 20.7. The Balaban J connectivity index is 1.41. The molecule has 0 radical (unpaired) electrons. The van der Waals surface area contributed by atoms with Crippen LogP contribution in [0, 0.1) is 0 Å². The number of benzene rings is 3. The first kappa shape index (κ1) is 24.4. The third-order valence-electron chi connectivity index (χ3n) is 5.84. The van der Waals surface area contributed by atoms with Crippen molar-refractivity contribution in [3.63, 3.8) is 0 Å². The number of hydrogen-bond acceptors (Lipinski definition) is 5. The molecule has 5 nitrogen and oxygen atoms in total. The van der Waals surface area contributed by atoms with E-state index < -0.39 is 5.97 Å². The molecular formula is C28H21Cl2NO4S. The minimum absolute atomic E-state index is 0.256. The molecule has 0 aliphatic rings. The molecule has 36 heavy (non-hydrogen) atoms. The molecule has 1 N–H and O–H groups in total. The summed E-state index contributed by atoms with van der Waals surface area (Å²) < 4.78 is 11.8. The average Bonchev–Trinajstić information content (AvgIpc) is 3.51. The SMILES string of the molecule is CCCc1onc(-c2c(Cl)cccc2Cl)c1COc1ccc2cc(-c3ccc(C(=O)O)s3)ccc2c1. The highest BCUT2D eigenvalue weighted by molar-refractivity contribution is 7.17. The Morgan fingerprint density at radius 1 is 1.03 bits per heavy atom. The molecule has 3 aromatic carbocycles. The van der Waals surface area contributed by atoms with E-state index in [1.807, 2.05) is 42.5 Å². The van der Waals surface area contributed by atoms with Crippen LogP contribution in [0.1, 0.15) is 34.3 Å². The van der Waals surface area contributed by atoms with Gasteiger partial charge in [-0.2, -0.15) is 0 Å². The van der Waals surface area contributed by atoms with Gasteiger partial charge in [0.25, 0.3) is 0 Å². The molecule has 0 aliphatic carbocycles. The van der Waals surface area contributed by atoms with Crippen molar-refractivity contribution in [2.75, 3.05) is 0 Å². The Bertz CT molecular complexity index is 1550. The van der Waals surface area contributed by atoms with E-state index in [0.717, 1.165) is 45.4 Å². The maximum atomic E-state index is 11.2. The van der Waals surface area contributed by atoms with Gasteiger partial charge in [-0.25, -0.2) is 4.79 Å². The second-order valence-corrected chi connectivity index (χ2v) is 10.2. The number of carbonyl (C=O) groups is 1. The van der Waals surface area contributed by atoms with Crippen LogP contribution in [0.15, 0.2) is 71.3 Å². The van der Waals surface area contributed by atoms with Gasteiger partial charge < -0.3 is 14.4 Å². The molecule has 2 aromatic heterocycles. The van der Waals surface area contributed by atoms with Gasteiger partial charge in [0.1, 0.15) is 28.7 Å². The van der Waals surface area contributed by atoms with Crippen LogP contribution in [-0.2, 0) is 13.0 Å². The van der Waals surface area contributed by atoms with E-state index in [0.29, 0.717) is 31.9 Å². The standard InChI is InChI=1S/C28H21Cl2NO4S/c1-2-4-23-20(27(31-35-23)26-21(29)5-3-6-22(26)30)15-34-19-10-9-16-13-18(8-7-17(16)14-19)24-11-12-25(36-24)28(32)33/h3,5-14H,2,4,15H2,1H3,(H,32,33). The first-order valence-electron chi connectivity index (χ1n) is 11.4. The minimum Gasteiger partial charge on any atom is -0.489 e. The van der Waals surface area contributed by atoms with Gasteiger partial charge in [0.15, 0.2) is 0 Å². The highest BCUT2D eigenvalue weighted by atomic mass is 35.5. The predicted molar refractivity (Wildman–Crippen MR) is 145 cm³/mol. The van der Waals surface area contributed by atoms with E-state index in [-0.39, 0.29) is 6.61 Å². The average molecular weight is 538 g/mol. The molecule has 0 aliphatic heterocycles. The highest BCUT2D eigenvalue weighted by Gasteiger charge is 2.22. The van der Waals surface area contributed by atoms with E-state index >= 15 is 0 Å². The zero-order valence-corrected chi connectivity index (χ0v) is 21.6.